The number of anilines is 2. The van der Waals surface area contributed by atoms with E-state index in [9.17, 15) is 19.2 Å². The number of nitrogens with one attached hydrogen (secondary N) is 3. The highest BCUT2D eigenvalue weighted by Gasteiger charge is 2.47. The number of hydrogen-bond donors (Lipinski definition) is 5. The SMILES string of the molecule is CCn1nc(C)c2c1C(=O)Nc1nc3cc(C(N)=O)cc(OCCN4CC5(CNC5)C4)c3n1C/C=C/Cn1c(nc3cc(C(N)=O)cc(OC)c31)NC(=O)c1n(CC)nc(C)[n+]1-2. The first-order chi connectivity index (χ1) is 29.8. The number of aromatic nitrogens is 9. The minimum atomic E-state index is -0.670. The number of likely N-dealkylation sites (tertiary alicyclic amines) is 1. The van der Waals surface area contributed by atoms with Crippen LogP contribution in [-0.4, -0.2) is 114 Å². The van der Waals surface area contributed by atoms with Crippen LogP contribution in [0.3, 0.4) is 0 Å². The molecule has 21 heteroatoms. The van der Waals surface area contributed by atoms with Gasteiger partial charge in [-0.05, 0) is 45.0 Å². The molecule has 3 aliphatic heterocycles. The zero-order chi connectivity index (χ0) is 43.6. The van der Waals surface area contributed by atoms with Gasteiger partial charge in [0.1, 0.15) is 35.7 Å². The third kappa shape index (κ3) is 6.69. The second-order valence-corrected chi connectivity index (χ2v) is 15.9. The average Bonchev–Trinajstić information content (AvgIpc) is 3.94. The van der Waals surface area contributed by atoms with Crippen molar-refractivity contribution < 1.29 is 33.2 Å². The van der Waals surface area contributed by atoms with Gasteiger partial charge in [-0.25, -0.2) is 9.97 Å². The molecule has 322 valence electrons. The number of carbonyl (C=O) groups is 4. The van der Waals surface area contributed by atoms with Gasteiger partial charge in [-0.15, -0.1) is 4.68 Å². The number of fused-ring (bicyclic) bond motifs is 9. The molecule has 9 rings (SSSR count). The highest BCUT2D eigenvalue weighted by Crippen LogP contribution is 2.35. The van der Waals surface area contributed by atoms with E-state index in [1.54, 1.807) is 55.1 Å². The number of hydrogen-bond acceptors (Lipinski definition) is 12. The van der Waals surface area contributed by atoms with Crippen LogP contribution in [0.1, 0.15) is 67.2 Å². The summed E-state index contributed by atoms with van der Waals surface area (Å²) in [6.45, 7) is 13.2. The Bertz CT molecular complexity index is 2870. The zero-order valence-corrected chi connectivity index (χ0v) is 35.1. The number of imidazole rings is 2. The molecule has 21 nitrogen and oxygen atoms in total. The molecule has 0 radical (unpaired) electrons. The monoisotopic (exact) mass is 846 g/mol. The molecule has 2 saturated heterocycles. The van der Waals surface area contributed by atoms with Gasteiger partial charge >= 0.3 is 11.7 Å². The second kappa shape index (κ2) is 15.4. The standard InChI is InChI=1S/C41H47N15O6/c1-6-54-33-30(22(3)49-54)56-23(4)50-55(7-2)38(56)37(60)48-40-45-26-14-24(34(42)57)16-28(61-5)31(26)52(40)10-8-9-11-53-32-27(46-39(53)47-36(33)59)15-25(35(43)58)17-29(32)62-13-12-51-20-41(21-51)18-44-19-41/h8-9,14-17,44H,6-7,10-13,18-21H2,1-5H3,(H5-,42,43,45,46,47,48,57,58,59,60)/p+1/b9-8+. The second-order valence-electron chi connectivity index (χ2n) is 15.9. The maximum Gasteiger partial charge on any atom is 0.331 e. The van der Waals surface area contributed by atoms with Crippen molar-refractivity contribution in [3.63, 3.8) is 0 Å². The summed E-state index contributed by atoms with van der Waals surface area (Å²) in [5.41, 5.74) is 15.0. The Labute approximate surface area is 354 Å². The Morgan fingerprint density at radius 1 is 0.823 bits per heavy atom. The van der Waals surface area contributed by atoms with E-state index in [0.717, 1.165) is 26.2 Å². The van der Waals surface area contributed by atoms with Crippen LogP contribution in [0, 0.1) is 19.3 Å². The molecule has 0 atom stereocenters. The van der Waals surface area contributed by atoms with E-state index in [0.29, 0.717) is 82.4 Å². The van der Waals surface area contributed by atoms with Crippen molar-refractivity contribution in [3.05, 3.63) is 70.6 Å². The van der Waals surface area contributed by atoms with Gasteiger partial charge in [-0.2, -0.15) is 9.67 Å². The number of carbonyl (C=O) groups excluding carboxylic acids is 4. The smallest absolute Gasteiger partial charge is 0.331 e. The first-order valence-electron chi connectivity index (χ1n) is 20.5. The molecule has 3 aliphatic rings. The molecular formula is C41H48N15O6+. The predicted molar refractivity (Wildman–Crippen MR) is 226 cm³/mol. The minimum Gasteiger partial charge on any atom is -0.494 e. The first-order valence-corrected chi connectivity index (χ1v) is 20.5. The summed E-state index contributed by atoms with van der Waals surface area (Å²) < 4.78 is 20.5. The van der Waals surface area contributed by atoms with Crippen LogP contribution in [0.5, 0.6) is 11.5 Å². The van der Waals surface area contributed by atoms with E-state index < -0.39 is 23.6 Å². The first kappa shape index (κ1) is 40.3. The van der Waals surface area contributed by atoms with E-state index in [-0.39, 0.29) is 47.6 Å². The van der Waals surface area contributed by atoms with Crippen LogP contribution in [0.25, 0.3) is 27.8 Å². The van der Waals surface area contributed by atoms with E-state index in [1.807, 2.05) is 26.0 Å². The molecular weight excluding hydrogens is 799 g/mol. The van der Waals surface area contributed by atoms with Crippen molar-refractivity contribution in [1.29, 1.82) is 0 Å². The van der Waals surface area contributed by atoms with Crippen LogP contribution in [-0.2, 0) is 26.2 Å². The number of ether oxygens (including phenoxy) is 2. The Balaban J connectivity index is 1.22. The fourth-order valence-corrected chi connectivity index (χ4v) is 8.82. The molecule has 4 aromatic heterocycles. The summed E-state index contributed by atoms with van der Waals surface area (Å²) in [5, 5.41) is 18.8. The molecule has 2 aromatic carbocycles. The highest BCUT2D eigenvalue weighted by molar-refractivity contribution is 6.07. The zero-order valence-electron chi connectivity index (χ0n) is 35.1. The molecule has 0 saturated carbocycles. The Morgan fingerprint density at radius 2 is 1.40 bits per heavy atom. The van der Waals surface area contributed by atoms with Gasteiger partial charge in [-0.1, -0.05) is 12.2 Å². The normalized spacial score (nSPS) is 16.7. The van der Waals surface area contributed by atoms with Crippen molar-refractivity contribution in [2.75, 3.05) is 57.1 Å². The van der Waals surface area contributed by atoms with Crippen LogP contribution in [0.4, 0.5) is 11.9 Å². The summed E-state index contributed by atoms with van der Waals surface area (Å²) in [7, 11) is 1.47. The third-order valence-electron chi connectivity index (χ3n) is 11.8. The van der Waals surface area contributed by atoms with Gasteiger partial charge in [0.2, 0.25) is 23.7 Å². The number of aryl methyl sites for hydroxylation is 4. The van der Waals surface area contributed by atoms with E-state index >= 15 is 0 Å². The van der Waals surface area contributed by atoms with Crippen LogP contribution in [0.15, 0.2) is 36.4 Å². The number of rotatable bonds is 9. The maximum absolute atomic E-state index is 14.8. The summed E-state index contributed by atoms with van der Waals surface area (Å²) in [6, 6.07) is 6.26. The molecule has 0 bridgehead atoms. The average molecular weight is 847 g/mol. The molecule has 1 spiro atoms. The van der Waals surface area contributed by atoms with Crippen molar-refractivity contribution >= 4 is 57.6 Å². The van der Waals surface area contributed by atoms with E-state index in [1.165, 1.54) is 13.2 Å². The summed E-state index contributed by atoms with van der Waals surface area (Å²) >= 11 is 0. The molecule has 0 unspecified atom stereocenters. The minimum absolute atomic E-state index is 0.106. The van der Waals surface area contributed by atoms with E-state index in [4.69, 9.17) is 41.1 Å². The lowest BCUT2D eigenvalue weighted by Gasteiger charge is -2.56. The van der Waals surface area contributed by atoms with Crippen LogP contribution >= 0.6 is 0 Å². The number of nitrogens with zero attached hydrogens (tertiary/aromatic N) is 10. The number of methoxy groups -OCH3 is 1. The van der Waals surface area contributed by atoms with Gasteiger partial charge in [0, 0.05) is 80.9 Å². The molecule has 4 amide bonds. The Hall–Kier alpha value is -7.13. The molecule has 7 heterocycles. The summed E-state index contributed by atoms with van der Waals surface area (Å²) in [6.07, 6.45) is 3.74. The van der Waals surface area contributed by atoms with Crippen molar-refractivity contribution in [1.82, 2.24) is 48.9 Å². The fourth-order valence-electron chi connectivity index (χ4n) is 8.82. The molecule has 62 heavy (non-hydrogen) atoms. The molecule has 6 aromatic rings. The lowest BCUT2D eigenvalue weighted by molar-refractivity contribution is -0.606. The maximum atomic E-state index is 14.8. The van der Waals surface area contributed by atoms with Crippen molar-refractivity contribution in [3.8, 4) is 17.2 Å². The third-order valence-corrected chi connectivity index (χ3v) is 11.8. The highest BCUT2D eigenvalue weighted by atomic mass is 16.5. The number of primary amides is 2. The fraction of sp³-hybridized carbons (Fsp3) is 0.390. The summed E-state index contributed by atoms with van der Waals surface area (Å²) in [4.78, 5) is 66.4. The largest absolute Gasteiger partial charge is 0.494 e. The van der Waals surface area contributed by atoms with Crippen molar-refractivity contribution in [2.45, 2.75) is 53.9 Å². The lowest BCUT2D eigenvalue weighted by Crippen LogP contribution is -2.71. The topological polar surface area (TPSA) is 253 Å². The number of amides is 4. The number of allylic oxidation sites excluding steroid dienone is 2. The van der Waals surface area contributed by atoms with Gasteiger partial charge in [-0.3, -0.25) is 39.4 Å². The van der Waals surface area contributed by atoms with Crippen molar-refractivity contribution in [2.24, 2.45) is 16.9 Å². The molecule has 2 fully saturated rings. The Kier molecular flexibility index (Phi) is 10.0. The lowest BCUT2D eigenvalue weighted by atomic mass is 9.74. The number of nitrogens with two attached hydrogens (primary N) is 2. The van der Waals surface area contributed by atoms with Crippen LogP contribution in [0.2, 0.25) is 0 Å². The van der Waals surface area contributed by atoms with E-state index in [2.05, 4.69) is 20.9 Å². The predicted octanol–water partition coefficient (Wildman–Crippen LogP) is 1.28. The summed E-state index contributed by atoms with van der Waals surface area (Å²) in [5.74, 6) is -0.905. The molecule has 0 aliphatic carbocycles. The van der Waals surface area contributed by atoms with Crippen LogP contribution < -0.4 is 41.5 Å². The van der Waals surface area contributed by atoms with Gasteiger partial charge < -0.3 is 35.4 Å². The van der Waals surface area contributed by atoms with Gasteiger partial charge in [0.15, 0.2) is 11.4 Å². The quantitative estimate of drug-likeness (QED) is 0.102. The van der Waals surface area contributed by atoms with Gasteiger partial charge in [0.25, 0.3) is 11.7 Å². The number of benzene rings is 2. The van der Waals surface area contributed by atoms with Gasteiger partial charge in [0.05, 0.1) is 23.8 Å². The molecule has 7 N–H and O–H groups in total. The Morgan fingerprint density at radius 3 is 1.95 bits per heavy atom.